The summed E-state index contributed by atoms with van der Waals surface area (Å²) in [5.41, 5.74) is 0.842. The van der Waals surface area contributed by atoms with Gasteiger partial charge in [-0.15, -0.1) is 11.3 Å². The predicted molar refractivity (Wildman–Crippen MR) is 101 cm³/mol. The maximum atomic E-state index is 12.4. The van der Waals surface area contributed by atoms with Crippen molar-refractivity contribution in [3.63, 3.8) is 0 Å². The van der Waals surface area contributed by atoms with Crippen molar-refractivity contribution in [1.29, 1.82) is 0 Å². The first kappa shape index (κ1) is 18.3. The van der Waals surface area contributed by atoms with E-state index < -0.39 is 0 Å². The Labute approximate surface area is 156 Å². The fraction of sp³-hybridized carbons (Fsp3) is 0.368. The van der Waals surface area contributed by atoms with Crippen molar-refractivity contribution < 1.29 is 9.32 Å². The van der Waals surface area contributed by atoms with Gasteiger partial charge in [-0.3, -0.25) is 9.78 Å². The number of rotatable bonds is 8. The second kappa shape index (κ2) is 8.71. The van der Waals surface area contributed by atoms with Gasteiger partial charge in [0, 0.05) is 35.7 Å². The zero-order chi connectivity index (χ0) is 18.4. The molecule has 3 aromatic rings. The van der Waals surface area contributed by atoms with Gasteiger partial charge in [-0.2, -0.15) is 4.98 Å². The van der Waals surface area contributed by atoms with Crippen molar-refractivity contribution >= 4 is 17.2 Å². The zero-order valence-corrected chi connectivity index (χ0v) is 15.7. The third kappa shape index (κ3) is 4.98. The smallest absolute Gasteiger partial charge is 0.227 e. The molecule has 1 N–H and O–H groups in total. The van der Waals surface area contributed by atoms with Crippen molar-refractivity contribution in [2.24, 2.45) is 5.92 Å². The van der Waals surface area contributed by atoms with Crippen molar-refractivity contribution in [3.8, 4) is 11.4 Å². The molecule has 1 unspecified atom stereocenters. The molecule has 0 radical (unpaired) electrons. The number of amides is 1. The molecule has 1 amide bonds. The molecule has 3 rings (SSSR count). The maximum absolute atomic E-state index is 12.4. The maximum Gasteiger partial charge on any atom is 0.227 e. The molecule has 1 atom stereocenters. The number of nitrogens with zero attached hydrogens (tertiary/aromatic N) is 3. The van der Waals surface area contributed by atoms with Gasteiger partial charge < -0.3 is 9.84 Å². The van der Waals surface area contributed by atoms with Gasteiger partial charge in [-0.25, -0.2) is 0 Å². The van der Waals surface area contributed by atoms with Crippen LogP contribution in [-0.4, -0.2) is 21.0 Å². The monoisotopic (exact) mass is 370 g/mol. The van der Waals surface area contributed by atoms with E-state index in [4.69, 9.17) is 4.52 Å². The molecule has 3 aromatic heterocycles. The molecule has 6 nitrogen and oxygen atoms in total. The van der Waals surface area contributed by atoms with Crippen molar-refractivity contribution in [3.05, 3.63) is 52.8 Å². The molecule has 0 aliphatic heterocycles. The molecule has 0 fully saturated rings. The van der Waals surface area contributed by atoms with Gasteiger partial charge in [0.15, 0.2) is 0 Å². The Morgan fingerprint density at radius 2 is 2.08 bits per heavy atom. The van der Waals surface area contributed by atoms with Gasteiger partial charge >= 0.3 is 0 Å². The number of thiophene rings is 1. The quantitative estimate of drug-likeness (QED) is 0.647. The van der Waals surface area contributed by atoms with E-state index >= 15 is 0 Å². The second-order valence-corrected chi connectivity index (χ2v) is 7.49. The highest BCUT2D eigenvalue weighted by Gasteiger charge is 2.18. The SMILES string of the molecule is CC(C)CC(NC(=O)CCc1nc(-c2ccncc2)no1)c1cccs1. The molecule has 3 heterocycles. The molecule has 0 aromatic carbocycles. The summed E-state index contributed by atoms with van der Waals surface area (Å²) in [4.78, 5) is 21.9. The Balaban J connectivity index is 1.56. The Kier molecular flexibility index (Phi) is 6.12. The van der Waals surface area contributed by atoms with Crippen LogP contribution in [0.2, 0.25) is 0 Å². The van der Waals surface area contributed by atoms with Crippen molar-refractivity contribution in [2.75, 3.05) is 0 Å². The van der Waals surface area contributed by atoms with Gasteiger partial charge in [0.05, 0.1) is 6.04 Å². The van der Waals surface area contributed by atoms with E-state index in [0.717, 1.165) is 12.0 Å². The Morgan fingerprint density at radius 1 is 1.27 bits per heavy atom. The van der Waals surface area contributed by atoms with E-state index in [1.807, 2.05) is 23.6 Å². The molecule has 0 spiro atoms. The number of hydrogen-bond donors (Lipinski definition) is 1. The summed E-state index contributed by atoms with van der Waals surface area (Å²) in [6.07, 6.45) is 5.01. The van der Waals surface area contributed by atoms with Gasteiger partial charge in [0.25, 0.3) is 0 Å². The van der Waals surface area contributed by atoms with Crippen LogP contribution < -0.4 is 5.32 Å². The highest BCUT2D eigenvalue weighted by atomic mass is 32.1. The summed E-state index contributed by atoms with van der Waals surface area (Å²) in [5.74, 6) is 1.47. The van der Waals surface area contributed by atoms with Crippen LogP contribution in [0.4, 0.5) is 0 Å². The minimum atomic E-state index is -0.00675. The average Bonchev–Trinajstić information content (AvgIpc) is 3.32. The average molecular weight is 370 g/mol. The number of aryl methyl sites for hydroxylation is 1. The molecule has 0 aliphatic carbocycles. The number of carbonyl (C=O) groups is 1. The van der Waals surface area contributed by atoms with E-state index in [1.165, 1.54) is 4.88 Å². The molecule has 0 saturated heterocycles. The summed E-state index contributed by atoms with van der Waals surface area (Å²) in [6, 6.07) is 7.77. The van der Waals surface area contributed by atoms with Crippen LogP contribution in [-0.2, 0) is 11.2 Å². The van der Waals surface area contributed by atoms with Crippen LogP contribution in [0, 0.1) is 5.92 Å². The van der Waals surface area contributed by atoms with Gasteiger partial charge in [0.2, 0.25) is 17.6 Å². The lowest BCUT2D eigenvalue weighted by atomic mass is 10.0. The summed E-state index contributed by atoms with van der Waals surface area (Å²) in [7, 11) is 0. The summed E-state index contributed by atoms with van der Waals surface area (Å²) >= 11 is 1.67. The van der Waals surface area contributed by atoms with Crippen LogP contribution in [0.15, 0.2) is 46.6 Å². The van der Waals surface area contributed by atoms with Gasteiger partial charge in [-0.05, 0) is 35.9 Å². The topological polar surface area (TPSA) is 80.9 Å². The Hall–Kier alpha value is -2.54. The van der Waals surface area contributed by atoms with E-state index in [-0.39, 0.29) is 11.9 Å². The first-order valence-corrected chi connectivity index (χ1v) is 9.55. The summed E-state index contributed by atoms with van der Waals surface area (Å²) < 4.78 is 5.25. The zero-order valence-electron chi connectivity index (χ0n) is 14.9. The number of carbonyl (C=O) groups excluding carboxylic acids is 1. The second-order valence-electron chi connectivity index (χ2n) is 6.51. The minimum Gasteiger partial charge on any atom is -0.348 e. The molecule has 0 aliphatic rings. The van der Waals surface area contributed by atoms with E-state index in [9.17, 15) is 4.79 Å². The Morgan fingerprint density at radius 3 is 2.77 bits per heavy atom. The fourth-order valence-corrected chi connectivity index (χ4v) is 3.46. The molecular weight excluding hydrogens is 348 g/mol. The first-order valence-electron chi connectivity index (χ1n) is 8.67. The normalized spacial score (nSPS) is 12.3. The summed E-state index contributed by atoms with van der Waals surface area (Å²) in [5, 5.41) is 9.13. The minimum absolute atomic E-state index is 0.00675. The largest absolute Gasteiger partial charge is 0.348 e. The molecule has 7 heteroatoms. The molecule has 26 heavy (non-hydrogen) atoms. The van der Waals surface area contributed by atoms with E-state index in [2.05, 4.69) is 40.4 Å². The van der Waals surface area contributed by atoms with Crippen LogP contribution in [0.25, 0.3) is 11.4 Å². The van der Waals surface area contributed by atoms with Crippen molar-refractivity contribution in [1.82, 2.24) is 20.4 Å². The van der Waals surface area contributed by atoms with Crippen molar-refractivity contribution in [2.45, 2.75) is 39.2 Å². The van der Waals surface area contributed by atoms with Gasteiger partial charge in [0.1, 0.15) is 0 Å². The molecule has 0 saturated carbocycles. The van der Waals surface area contributed by atoms with Crippen LogP contribution in [0.1, 0.15) is 43.5 Å². The van der Waals surface area contributed by atoms with Gasteiger partial charge in [-0.1, -0.05) is 25.1 Å². The highest BCUT2D eigenvalue weighted by molar-refractivity contribution is 7.10. The number of pyridine rings is 1. The van der Waals surface area contributed by atoms with Crippen LogP contribution in [0.5, 0.6) is 0 Å². The molecule has 136 valence electrons. The number of nitrogens with one attached hydrogen (secondary N) is 1. The molecule has 0 bridgehead atoms. The number of hydrogen-bond acceptors (Lipinski definition) is 6. The fourth-order valence-electron chi connectivity index (χ4n) is 2.67. The highest BCUT2D eigenvalue weighted by Crippen LogP contribution is 2.25. The lowest BCUT2D eigenvalue weighted by Gasteiger charge is -2.19. The first-order chi connectivity index (χ1) is 12.6. The standard InChI is InChI=1S/C19H22N4O2S/c1-13(2)12-15(16-4-3-11-26-16)21-17(24)5-6-18-22-19(23-25-18)14-7-9-20-10-8-14/h3-4,7-11,13,15H,5-6,12H2,1-2H3,(H,21,24). The lowest BCUT2D eigenvalue weighted by molar-refractivity contribution is -0.122. The molecular formula is C19H22N4O2S. The lowest BCUT2D eigenvalue weighted by Crippen LogP contribution is -2.29. The third-order valence-corrected chi connectivity index (χ3v) is 4.89. The van der Waals surface area contributed by atoms with Crippen LogP contribution >= 0.6 is 11.3 Å². The van der Waals surface area contributed by atoms with E-state index in [0.29, 0.717) is 30.5 Å². The third-order valence-electron chi connectivity index (χ3n) is 3.90. The Bertz CT molecular complexity index is 815. The predicted octanol–water partition coefficient (Wildman–Crippen LogP) is 4.03. The number of aromatic nitrogens is 3. The van der Waals surface area contributed by atoms with Crippen LogP contribution in [0.3, 0.4) is 0 Å². The van der Waals surface area contributed by atoms with E-state index in [1.54, 1.807) is 23.7 Å². The summed E-state index contributed by atoms with van der Waals surface area (Å²) in [6.45, 7) is 4.32.